The van der Waals surface area contributed by atoms with Gasteiger partial charge in [-0.05, 0) is 36.0 Å². The van der Waals surface area contributed by atoms with Crippen LogP contribution in [0.2, 0.25) is 16.6 Å². The van der Waals surface area contributed by atoms with Gasteiger partial charge < -0.3 is 9.53 Å². The Kier molecular flexibility index (Phi) is 6.43. The van der Waals surface area contributed by atoms with Gasteiger partial charge >= 0.3 is 0 Å². The minimum Gasteiger partial charge on any atom is -0.410 e. The fourth-order valence-corrected chi connectivity index (χ4v) is 9.50. The van der Waals surface area contributed by atoms with Crippen molar-refractivity contribution in [3.8, 4) is 0 Å². The molecular formula is C19H34O2Si. The fourth-order valence-electron chi connectivity index (χ4n) is 3.84. The van der Waals surface area contributed by atoms with Crippen molar-refractivity contribution in [2.24, 2.45) is 0 Å². The SMILES string of the molecule is CC(C)[Si](O[C@H](C)[C@](C)(O)c1ccccc1)(C(C)C)C(C)C. The van der Waals surface area contributed by atoms with Crippen LogP contribution in [-0.2, 0) is 10.0 Å². The topological polar surface area (TPSA) is 29.5 Å². The lowest BCUT2D eigenvalue weighted by atomic mass is 9.91. The summed E-state index contributed by atoms with van der Waals surface area (Å²) < 4.78 is 6.73. The third kappa shape index (κ3) is 3.64. The molecule has 0 heterocycles. The standard InChI is InChI=1S/C19H34O2Si/c1-14(2)22(15(3)4,16(5)6)21-17(7)19(8,20)18-12-10-9-11-13-18/h9-17,20H,1-8H3/t17-,19+/m1/s1. The molecule has 0 aliphatic carbocycles. The number of aliphatic hydroxyl groups is 1. The van der Waals surface area contributed by atoms with E-state index in [9.17, 15) is 5.11 Å². The summed E-state index contributed by atoms with van der Waals surface area (Å²) in [5, 5.41) is 11.1. The van der Waals surface area contributed by atoms with Gasteiger partial charge in [0, 0.05) is 0 Å². The molecule has 126 valence electrons. The van der Waals surface area contributed by atoms with Crippen LogP contribution in [0.4, 0.5) is 0 Å². The molecule has 0 fully saturated rings. The van der Waals surface area contributed by atoms with Gasteiger partial charge in [0.15, 0.2) is 0 Å². The van der Waals surface area contributed by atoms with E-state index in [1.165, 1.54) is 0 Å². The van der Waals surface area contributed by atoms with Gasteiger partial charge in [0.1, 0.15) is 5.60 Å². The number of hydrogen-bond donors (Lipinski definition) is 1. The Hall–Kier alpha value is -0.643. The first-order chi connectivity index (χ1) is 10.1. The zero-order chi connectivity index (χ0) is 17.1. The van der Waals surface area contributed by atoms with Crippen molar-refractivity contribution < 1.29 is 9.53 Å². The maximum absolute atomic E-state index is 11.1. The maximum Gasteiger partial charge on any atom is 0.200 e. The summed E-state index contributed by atoms with van der Waals surface area (Å²) in [7, 11) is -1.99. The van der Waals surface area contributed by atoms with Crippen molar-refractivity contribution in [2.45, 2.75) is 83.7 Å². The van der Waals surface area contributed by atoms with Crippen LogP contribution in [0.3, 0.4) is 0 Å². The van der Waals surface area contributed by atoms with E-state index in [1.54, 1.807) is 0 Å². The van der Waals surface area contributed by atoms with Gasteiger partial charge in [-0.25, -0.2) is 0 Å². The van der Waals surface area contributed by atoms with Gasteiger partial charge in [0.05, 0.1) is 6.10 Å². The van der Waals surface area contributed by atoms with Crippen molar-refractivity contribution in [1.29, 1.82) is 0 Å². The fraction of sp³-hybridized carbons (Fsp3) is 0.684. The summed E-state index contributed by atoms with van der Waals surface area (Å²) in [5.74, 6) is 0. The Bertz CT molecular complexity index is 430. The van der Waals surface area contributed by atoms with Crippen molar-refractivity contribution in [1.82, 2.24) is 0 Å². The largest absolute Gasteiger partial charge is 0.410 e. The lowest BCUT2D eigenvalue weighted by Crippen LogP contribution is -2.53. The quantitative estimate of drug-likeness (QED) is 0.674. The molecule has 0 unspecified atom stereocenters. The number of hydrogen-bond acceptors (Lipinski definition) is 2. The highest BCUT2D eigenvalue weighted by Crippen LogP contribution is 2.44. The summed E-state index contributed by atoms with van der Waals surface area (Å²) in [6.07, 6.45) is -0.228. The number of rotatable bonds is 7. The van der Waals surface area contributed by atoms with Crippen molar-refractivity contribution in [2.75, 3.05) is 0 Å². The molecule has 1 N–H and O–H groups in total. The van der Waals surface area contributed by atoms with Gasteiger partial charge in [-0.3, -0.25) is 0 Å². The Morgan fingerprint density at radius 2 is 1.27 bits per heavy atom. The van der Waals surface area contributed by atoms with Crippen molar-refractivity contribution in [3.63, 3.8) is 0 Å². The molecule has 0 saturated carbocycles. The zero-order valence-electron chi connectivity index (χ0n) is 15.6. The number of benzene rings is 1. The van der Waals surface area contributed by atoms with Crippen LogP contribution in [0, 0.1) is 0 Å². The van der Waals surface area contributed by atoms with E-state index in [-0.39, 0.29) is 6.10 Å². The van der Waals surface area contributed by atoms with E-state index in [2.05, 4.69) is 41.5 Å². The second kappa shape index (κ2) is 7.29. The highest BCUT2D eigenvalue weighted by Gasteiger charge is 2.48. The Labute approximate surface area is 138 Å². The van der Waals surface area contributed by atoms with E-state index in [0.717, 1.165) is 5.56 Å². The molecule has 0 aliphatic heterocycles. The molecule has 0 radical (unpaired) electrons. The van der Waals surface area contributed by atoms with E-state index >= 15 is 0 Å². The minimum atomic E-state index is -1.99. The lowest BCUT2D eigenvalue weighted by Gasteiger charge is -2.46. The smallest absolute Gasteiger partial charge is 0.200 e. The predicted molar refractivity (Wildman–Crippen MR) is 97.6 cm³/mol. The lowest BCUT2D eigenvalue weighted by molar-refractivity contribution is -0.0516. The van der Waals surface area contributed by atoms with E-state index in [4.69, 9.17) is 4.43 Å². The van der Waals surface area contributed by atoms with E-state index in [1.807, 2.05) is 44.2 Å². The third-order valence-electron chi connectivity index (χ3n) is 5.24. The summed E-state index contributed by atoms with van der Waals surface area (Å²) in [4.78, 5) is 0. The normalized spacial score (nSPS) is 17.1. The van der Waals surface area contributed by atoms with Crippen molar-refractivity contribution >= 4 is 8.32 Å². The monoisotopic (exact) mass is 322 g/mol. The predicted octanol–water partition coefficient (Wildman–Crippen LogP) is 5.47. The Balaban J connectivity index is 3.13. The summed E-state index contributed by atoms with van der Waals surface area (Å²) in [5.41, 5.74) is 1.49. The molecule has 2 nitrogen and oxygen atoms in total. The molecule has 2 atom stereocenters. The molecule has 0 saturated heterocycles. The molecule has 1 aromatic rings. The van der Waals surface area contributed by atoms with Crippen LogP contribution in [0.25, 0.3) is 0 Å². The molecule has 0 spiro atoms. The second-order valence-corrected chi connectivity index (χ2v) is 13.0. The summed E-state index contributed by atoms with van der Waals surface area (Å²) in [6.45, 7) is 17.5. The Morgan fingerprint density at radius 3 is 1.64 bits per heavy atom. The van der Waals surface area contributed by atoms with E-state index in [0.29, 0.717) is 16.6 Å². The molecule has 1 aromatic carbocycles. The van der Waals surface area contributed by atoms with Gasteiger partial charge in [0.2, 0.25) is 8.32 Å². The third-order valence-corrected chi connectivity index (χ3v) is 11.4. The first-order valence-electron chi connectivity index (χ1n) is 8.52. The second-order valence-electron chi connectivity index (χ2n) is 7.59. The van der Waals surface area contributed by atoms with Crippen LogP contribution in [0.5, 0.6) is 0 Å². The van der Waals surface area contributed by atoms with Crippen LogP contribution in [0.1, 0.15) is 61.0 Å². The molecule has 3 heteroatoms. The van der Waals surface area contributed by atoms with Crippen molar-refractivity contribution in [3.05, 3.63) is 35.9 Å². The first-order valence-corrected chi connectivity index (χ1v) is 10.7. The molecule has 0 amide bonds. The van der Waals surface area contributed by atoms with Gasteiger partial charge in [-0.2, -0.15) is 0 Å². The minimum absolute atomic E-state index is 0.228. The summed E-state index contributed by atoms with van der Waals surface area (Å²) in [6, 6.07) is 9.86. The van der Waals surface area contributed by atoms with Crippen LogP contribution >= 0.6 is 0 Å². The highest BCUT2D eigenvalue weighted by atomic mass is 28.4. The van der Waals surface area contributed by atoms with E-state index < -0.39 is 13.9 Å². The van der Waals surface area contributed by atoms with Crippen LogP contribution in [0.15, 0.2) is 30.3 Å². The van der Waals surface area contributed by atoms with Gasteiger partial charge in [-0.1, -0.05) is 71.9 Å². The molecule has 0 aromatic heterocycles. The maximum atomic E-state index is 11.1. The molecular weight excluding hydrogens is 288 g/mol. The van der Waals surface area contributed by atoms with Crippen LogP contribution in [-0.4, -0.2) is 19.5 Å². The first kappa shape index (κ1) is 19.4. The Morgan fingerprint density at radius 1 is 0.864 bits per heavy atom. The molecule has 1 rings (SSSR count). The average Bonchev–Trinajstić information content (AvgIpc) is 2.44. The zero-order valence-corrected chi connectivity index (χ0v) is 16.6. The molecule has 22 heavy (non-hydrogen) atoms. The molecule has 0 bridgehead atoms. The van der Waals surface area contributed by atoms with Gasteiger partial charge in [0.25, 0.3) is 0 Å². The molecule has 0 aliphatic rings. The van der Waals surface area contributed by atoms with Gasteiger partial charge in [-0.15, -0.1) is 0 Å². The summed E-state index contributed by atoms with van der Waals surface area (Å²) >= 11 is 0. The average molecular weight is 323 g/mol. The van der Waals surface area contributed by atoms with Crippen LogP contribution < -0.4 is 0 Å². The highest BCUT2D eigenvalue weighted by molar-refractivity contribution is 6.77.